The van der Waals surface area contributed by atoms with E-state index in [-0.39, 0.29) is 18.2 Å². The van der Waals surface area contributed by atoms with Crippen LogP contribution in [-0.2, 0) is 0 Å². The first-order valence-electron chi connectivity index (χ1n) is 10.1. The van der Waals surface area contributed by atoms with Crippen molar-refractivity contribution in [2.24, 2.45) is 0 Å². The molecule has 1 aromatic heterocycles. The normalized spacial score (nSPS) is 11.7. The number of carbonyl (C=O) groups excluding carboxylic acids is 1. The number of ketones is 1. The van der Waals surface area contributed by atoms with Crippen molar-refractivity contribution in [1.82, 2.24) is 15.0 Å². The van der Waals surface area contributed by atoms with Crippen LogP contribution in [0.1, 0.15) is 28.4 Å². The zero-order valence-electron chi connectivity index (χ0n) is 17.7. The molecular weight excluding hydrogens is 426 g/mol. The van der Waals surface area contributed by atoms with Crippen LogP contribution in [0.4, 0.5) is 0 Å². The van der Waals surface area contributed by atoms with Gasteiger partial charge < -0.3 is 9.47 Å². The number of nitrogens with zero attached hydrogens (tertiary/aromatic N) is 3. The van der Waals surface area contributed by atoms with Gasteiger partial charge in [0.15, 0.2) is 5.78 Å². The minimum absolute atomic E-state index is 0.0177. The van der Waals surface area contributed by atoms with Gasteiger partial charge >= 0.3 is 0 Å². The maximum atomic E-state index is 13.1. The molecule has 0 aliphatic rings. The Balaban J connectivity index is 1.64. The van der Waals surface area contributed by atoms with E-state index in [1.165, 1.54) is 0 Å². The number of methoxy groups -OCH3 is 2. The first-order valence-corrected chi connectivity index (χ1v) is 10.4. The van der Waals surface area contributed by atoms with E-state index in [2.05, 4.69) is 10.2 Å². The summed E-state index contributed by atoms with van der Waals surface area (Å²) in [6.45, 7) is 0. The quantitative estimate of drug-likeness (QED) is 0.335. The standard InChI is InChI=1S/C25H22ClN3O3/c1-31-21-11-5-17(6-12-21)23-16-27-29(28-23)24(18-3-9-20(26)10-4-18)15-25(30)19-7-13-22(32-2)14-8-19/h3-14,16,24H,15H2,1-2H3. The maximum absolute atomic E-state index is 13.1. The van der Waals surface area contributed by atoms with Crippen molar-refractivity contribution in [3.05, 3.63) is 95.1 Å². The smallest absolute Gasteiger partial charge is 0.165 e. The lowest BCUT2D eigenvalue weighted by Gasteiger charge is -2.16. The number of carbonyl (C=O) groups is 1. The summed E-state index contributed by atoms with van der Waals surface area (Å²) in [5.41, 5.74) is 3.12. The molecule has 0 N–H and O–H groups in total. The van der Waals surface area contributed by atoms with Gasteiger partial charge in [-0.05, 0) is 66.2 Å². The van der Waals surface area contributed by atoms with Crippen LogP contribution in [-0.4, -0.2) is 35.0 Å². The summed E-state index contributed by atoms with van der Waals surface area (Å²) < 4.78 is 10.4. The number of halogens is 1. The predicted molar refractivity (Wildman–Crippen MR) is 124 cm³/mol. The van der Waals surface area contributed by atoms with Gasteiger partial charge in [0, 0.05) is 22.6 Å². The van der Waals surface area contributed by atoms with Crippen molar-refractivity contribution >= 4 is 17.4 Å². The Labute approximate surface area is 191 Å². The Hall–Kier alpha value is -3.64. The monoisotopic (exact) mass is 447 g/mol. The lowest BCUT2D eigenvalue weighted by Crippen LogP contribution is -2.18. The van der Waals surface area contributed by atoms with Crippen LogP contribution in [0.2, 0.25) is 5.02 Å². The van der Waals surface area contributed by atoms with Crippen LogP contribution in [0.5, 0.6) is 11.5 Å². The molecule has 4 aromatic rings. The van der Waals surface area contributed by atoms with Crippen LogP contribution in [0.15, 0.2) is 79.0 Å². The number of hydrogen-bond donors (Lipinski definition) is 0. The first kappa shape index (κ1) is 21.6. The van der Waals surface area contributed by atoms with Gasteiger partial charge in [-0.25, -0.2) is 0 Å². The number of aromatic nitrogens is 3. The highest BCUT2D eigenvalue weighted by Crippen LogP contribution is 2.27. The molecule has 0 saturated heterocycles. The Morgan fingerprint density at radius 3 is 2.09 bits per heavy atom. The molecule has 7 heteroatoms. The number of Topliss-reactive ketones (excluding diaryl/α,β-unsaturated/α-hetero) is 1. The molecule has 1 unspecified atom stereocenters. The summed E-state index contributed by atoms with van der Waals surface area (Å²) >= 11 is 6.07. The van der Waals surface area contributed by atoms with Crippen molar-refractivity contribution in [2.75, 3.05) is 14.2 Å². The topological polar surface area (TPSA) is 66.2 Å². The second-order valence-corrected chi connectivity index (χ2v) is 7.64. The minimum atomic E-state index is -0.381. The zero-order chi connectivity index (χ0) is 22.5. The van der Waals surface area contributed by atoms with Gasteiger partial charge in [0.25, 0.3) is 0 Å². The summed E-state index contributed by atoms with van der Waals surface area (Å²) in [5.74, 6) is 1.45. The van der Waals surface area contributed by atoms with E-state index >= 15 is 0 Å². The largest absolute Gasteiger partial charge is 0.497 e. The highest BCUT2D eigenvalue weighted by molar-refractivity contribution is 6.30. The van der Waals surface area contributed by atoms with Crippen molar-refractivity contribution in [3.8, 4) is 22.8 Å². The molecule has 0 aliphatic carbocycles. The lowest BCUT2D eigenvalue weighted by atomic mass is 9.98. The molecule has 0 fully saturated rings. The van der Waals surface area contributed by atoms with Gasteiger partial charge in [-0.3, -0.25) is 4.79 Å². The van der Waals surface area contributed by atoms with Crippen molar-refractivity contribution in [2.45, 2.75) is 12.5 Å². The maximum Gasteiger partial charge on any atom is 0.165 e. The molecule has 6 nitrogen and oxygen atoms in total. The van der Waals surface area contributed by atoms with Crippen molar-refractivity contribution in [3.63, 3.8) is 0 Å². The molecule has 0 bridgehead atoms. The molecule has 0 spiro atoms. The lowest BCUT2D eigenvalue weighted by molar-refractivity contribution is 0.0964. The molecule has 32 heavy (non-hydrogen) atoms. The average Bonchev–Trinajstić information content (AvgIpc) is 3.33. The zero-order valence-corrected chi connectivity index (χ0v) is 18.5. The second kappa shape index (κ2) is 9.66. The molecule has 0 aliphatic heterocycles. The van der Waals surface area contributed by atoms with Gasteiger partial charge in [-0.15, -0.1) is 0 Å². The van der Waals surface area contributed by atoms with E-state index < -0.39 is 0 Å². The molecule has 1 atom stereocenters. The van der Waals surface area contributed by atoms with E-state index in [0.29, 0.717) is 22.0 Å². The molecule has 162 valence electrons. The molecule has 1 heterocycles. The number of hydrogen-bond acceptors (Lipinski definition) is 5. The first-order chi connectivity index (χ1) is 15.6. The Morgan fingerprint density at radius 1 is 0.906 bits per heavy atom. The highest BCUT2D eigenvalue weighted by Gasteiger charge is 2.22. The molecule has 0 radical (unpaired) electrons. The van der Waals surface area contributed by atoms with Crippen LogP contribution >= 0.6 is 11.6 Å². The third kappa shape index (κ3) is 4.81. The van der Waals surface area contributed by atoms with E-state index in [9.17, 15) is 4.79 Å². The average molecular weight is 448 g/mol. The van der Waals surface area contributed by atoms with Crippen LogP contribution in [0.3, 0.4) is 0 Å². The molecule has 4 rings (SSSR count). The van der Waals surface area contributed by atoms with E-state index in [4.69, 9.17) is 21.1 Å². The van der Waals surface area contributed by atoms with E-state index in [0.717, 1.165) is 16.9 Å². The molecular formula is C25H22ClN3O3. The third-order valence-electron chi connectivity index (χ3n) is 5.22. The fourth-order valence-corrected chi connectivity index (χ4v) is 3.53. The molecule has 0 saturated carbocycles. The summed E-state index contributed by atoms with van der Waals surface area (Å²) in [5, 5.41) is 9.77. The van der Waals surface area contributed by atoms with E-state index in [1.807, 2.05) is 36.4 Å². The van der Waals surface area contributed by atoms with Crippen molar-refractivity contribution < 1.29 is 14.3 Å². The van der Waals surface area contributed by atoms with Gasteiger partial charge in [0.1, 0.15) is 23.2 Å². The van der Waals surface area contributed by atoms with Gasteiger partial charge in [0.05, 0.1) is 20.4 Å². The van der Waals surface area contributed by atoms with Crippen LogP contribution < -0.4 is 9.47 Å². The fourth-order valence-electron chi connectivity index (χ4n) is 3.41. The van der Waals surface area contributed by atoms with Gasteiger partial charge in [0.2, 0.25) is 0 Å². The Kier molecular flexibility index (Phi) is 6.52. The molecule has 0 amide bonds. The fraction of sp³-hybridized carbons (Fsp3) is 0.160. The summed E-state index contributed by atoms with van der Waals surface area (Å²) in [6, 6.07) is 21.7. The second-order valence-electron chi connectivity index (χ2n) is 7.20. The predicted octanol–water partition coefficient (Wildman–Crippen LogP) is 5.48. The summed E-state index contributed by atoms with van der Waals surface area (Å²) in [7, 11) is 3.22. The Bertz CT molecular complexity index is 1190. The van der Waals surface area contributed by atoms with Crippen LogP contribution in [0.25, 0.3) is 11.3 Å². The summed E-state index contributed by atoms with van der Waals surface area (Å²) in [4.78, 5) is 14.7. The number of benzene rings is 3. The van der Waals surface area contributed by atoms with Gasteiger partial charge in [-0.1, -0.05) is 23.7 Å². The van der Waals surface area contributed by atoms with E-state index in [1.54, 1.807) is 61.6 Å². The van der Waals surface area contributed by atoms with Crippen LogP contribution in [0, 0.1) is 0 Å². The SMILES string of the molecule is COc1ccc(C(=O)CC(c2ccc(Cl)cc2)n2ncc(-c3ccc(OC)cc3)n2)cc1. The third-order valence-corrected chi connectivity index (χ3v) is 5.47. The molecule has 3 aromatic carbocycles. The van der Waals surface area contributed by atoms with Gasteiger partial charge in [-0.2, -0.15) is 15.0 Å². The number of rotatable bonds is 8. The Morgan fingerprint density at radius 2 is 1.50 bits per heavy atom. The highest BCUT2D eigenvalue weighted by atomic mass is 35.5. The number of ether oxygens (including phenoxy) is 2. The minimum Gasteiger partial charge on any atom is -0.497 e. The van der Waals surface area contributed by atoms with Crippen molar-refractivity contribution in [1.29, 1.82) is 0 Å². The summed E-state index contributed by atoms with van der Waals surface area (Å²) in [6.07, 6.45) is 1.90.